The molecule has 78 valence electrons. The number of imidazole rings is 1. The van der Waals surface area contributed by atoms with Gasteiger partial charge in [-0.05, 0) is 18.9 Å². The van der Waals surface area contributed by atoms with E-state index in [-0.39, 0.29) is 5.41 Å². The van der Waals surface area contributed by atoms with E-state index >= 15 is 0 Å². The van der Waals surface area contributed by atoms with Crippen LogP contribution in [-0.4, -0.2) is 21.5 Å². The third kappa shape index (κ3) is 1.29. The second-order valence-electron chi connectivity index (χ2n) is 4.23. The van der Waals surface area contributed by atoms with Crippen LogP contribution in [0.2, 0.25) is 0 Å². The molecule has 0 amide bonds. The predicted octanol–water partition coefficient (Wildman–Crippen LogP) is 1.40. The molecule has 15 heavy (non-hydrogen) atoms. The van der Waals surface area contributed by atoms with Gasteiger partial charge in [0.15, 0.2) is 0 Å². The van der Waals surface area contributed by atoms with E-state index in [2.05, 4.69) is 15.0 Å². The quantitative estimate of drug-likeness (QED) is 0.704. The second kappa shape index (κ2) is 2.97. The van der Waals surface area contributed by atoms with Gasteiger partial charge in [0.25, 0.3) is 0 Å². The third-order valence-electron chi connectivity index (χ3n) is 3.23. The minimum Gasteiger partial charge on any atom is -0.367 e. The van der Waals surface area contributed by atoms with Crippen molar-refractivity contribution in [2.75, 3.05) is 6.54 Å². The summed E-state index contributed by atoms with van der Waals surface area (Å²) in [6.07, 6.45) is 8.06. The van der Waals surface area contributed by atoms with E-state index in [4.69, 9.17) is 5.73 Å². The van der Waals surface area contributed by atoms with Crippen molar-refractivity contribution in [3.05, 3.63) is 30.5 Å². The van der Waals surface area contributed by atoms with Crippen molar-refractivity contribution >= 4 is 0 Å². The molecular weight excluding hydrogens is 188 g/mol. The monoisotopic (exact) mass is 202 g/mol. The molecule has 1 saturated carbocycles. The molecule has 0 atom stereocenters. The first-order chi connectivity index (χ1) is 7.34. The summed E-state index contributed by atoms with van der Waals surface area (Å²) >= 11 is 0. The van der Waals surface area contributed by atoms with E-state index in [1.807, 2.05) is 24.7 Å². The van der Waals surface area contributed by atoms with Crippen molar-refractivity contribution in [1.82, 2.24) is 15.0 Å². The molecule has 1 aliphatic rings. The maximum Gasteiger partial charge on any atom is 0.114 e. The van der Waals surface area contributed by atoms with Crippen LogP contribution in [0.4, 0.5) is 0 Å². The fourth-order valence-corrected chi connectivity index (χ4v) is 1.92. The maximum atomic E-state index is 5.76. The fraction of sp³-hybridized carbons (Fsp3) is 0.364. The van der Waals surface area contributed by atoms with Gasteiger partial charge in [-0.2, -0.15) is 0 Å². The predicted molar refractivity (Wildman–Crippen MR) is 58.3 cm³/mol. The first kappa shape index (κ1) is 8.73. The van der Waals surface area contributed by atoms with Gasteiger partial charge in [0.05, 0.1) is 11.9 Å². The minimum absolute atomic E-state index is 0.147. The molecule has 0 bridgehead atoms. The lowest BCUT2D eigenvalue weighted by Gasteiger charge is -2.07. The molecule has 2 heterocycles. The van der Waals surface area contributed by atoms with Gasteiger partial charge in [0, 0.05) is 29.9 Å². The van der Waals surface area contributed by atoms with Crippen LogP contribution >= 0.6 is 0 Å². The summed E-state index contributed by atoms with van der Waals surface area (Å²) in [5.41, 5.74) is 8.11. The van der Waals surface area contributed by atoms with Crippen molar-refractivity contribution in [3.63, 3.8) is 0 Å². The molecule has 1 fully saturated rings. The third-order valence-corrected chi connectivity index (χ3v) is 3.23. The van der Waals surface area contributed by atoms with Crippen molar-refractivity contribution in [1.29, 1.82) is 0 Å². The average Bonchev–Trinajstić information content (AvgIpc) is 2.74. The number of nitrogens with two attached hydrogens (primary N) is 1. The van der Waals surface area contributed by atoms with Crippen LogP contribution < -0.4 is 5.73 Å². The molecule has 4 N–H and O–H groups in total. The van der Waals surface area contributed by atoms with Crippen molar-refractivity contribution in [2.45, 2.75) is 18.3 Å². The van der Waals surface area contributed by atoms with E-state index in [1.54, 1.807) is 0 Å². The Hall–Kier alpha value is -1.55. The van der Waals surface area contributed by atoms with E-state index in [1.165, 1.54) is 0 Å². The largest absolute Gasteiger partial charge is 0.367 e. The Kier molecular flexibility index (Phi) is 1.73. The Morgan fingerprint density at radius 1 is 1.47 bits per heavy atom. The van der Waals surface area contributed by atoms with E-state index in [9.17, 15) is 0 Å². The molecule has 2 aromatic rings. The zero-order chi connectivity index (χ0) is 10.3. The molecule has 0 spiro atoms. The van der Waals surface area contributed by atoms with Crippen LogP contribution in [0.25, 0.3) is 11.3 Å². The number of nitrogens with one attached hydrogen (secondary N) is 2. The molecule has 4 nitrogen and oxygen atoms in total. The molecule has 0 aliphatic heterocycles. The van der Waals surface area contributed by atoms with E-state index in [0.29, 0.717) is 6.54 Å². The Bertz CT molecular complexity index is 451. The highest BCUT2D eigenvalue weighted by atomic mass is 15.0. The number of aromatic nitrogens is 3. The molecule has 0 unspecified atom stereocenters. The molecule has 0 radical (unpaired) electrons. The lowest BCUT2D eigenvalue weighted by molar-refractivity contribution is 0.659. The van der Waals surface area contributed by atoms with Crippen LogP contribution in [0.1, 0.15) is 18.7 Å². The van der Waals surface area contributed by atoms with Gasteiger partial charge in [-0.25, -0.2) is 4.98 Å². The molecule has 3 rings (SSSR count). The number of aromatic amines is 2. The Morgan fingerprint density at radius 2 is 2.33 bits per heavy atom. The zero-order valence-electron chi connectivity index (χ0n) is 8.46. The van der Waals surface area contributed by atoms with Gasteiger partial charge >= 0.3 is 0 Å². The molecular formula is C11H14N4. The highest BCUT2D eigenvalue weighted by Gasteiger charge is 2.45. The van der Waals surface area contributed by atoms with Gasteiger partial charge < -0.3 is 15.7 Å². The Balaban J connectivity index is 1.95. The van der Waals surface area contributed by atoms with Gasteiger partial charge in [-0.1, -0.05) is 0 Å². The maximum absolute atomic E-state index is 5.76. The van der Waals surface area contributed by atoms with Crippen LogP contribution in [0, 0.1) is 0 Å². The zero-order valence-corrected chi connectivity index (χ0v) is 8.46. The summed E-state index contributed by atoms with van der Waals surface area (Å²) in [7, 11) is 0. The minimum atomic E-state index is 0.147. The number of H-pyrrole nitrogens is 2. The standard InChI is InChI=1S/C11H14N4/c12-7-11(2-3-11)10-14-6-9(15-10)8-1-4-13-5-8/h1,4-6,13H,2-3,7,12H2,(H,14,15). The summed E-state index contributed by atoms with van der Waals surface area (Å²) in [6, 6.07) is 2.03. The van der Waals surface area contributed by atoms with Crippen molar-refractivity contribution < 1.29 is 0 Å². The lowest BCUT2D eigenvalue weighted by atomic mass is 10.1. The summed E-state index contributed by atoms with van der Waals surface area (Å²) in [5, 5.41) is 0. The van der Waals surface area contributed by atoms with E-state index in [0.717, 1.165) is 29.9 Å². The number of hydrogen-bond donors (Lipinski definition) is 3. The van der Waals surface area contributed by atoms with Crippen molar-refractivity contribution in [3.8, 4) is 11.3 Å². The molecule has 4 heteroatoms. The summed E-state index contributed by atoms with van der Waals surface area (Å²) in [6.45, 7) is 0.688. The topological polar surface area (TPSA) is 70.5 Å². The molecule has 1 aliphatic carbocycles. The first-order valence-electron chi connectivity index (χ1n) is 5.23. The van der Waals surface area contributed by atoms with Crippen molar-refractivity contribution in [2.24, 2.45) is 5.73 Å². The van der Waals surface area contributed by atoms with Gasteiger partial charge in [-0.3, -0.25) is 0 Å². The summed E-state index contributed by atoms with van der Waals surface area (Å²) in [5.74, 6) is 1.04. The first-order valence-corrected chi connectivity index (χ1v) is 5.23. The smallest absolute Gasteiger partial charge is 0.114 e. The normalized spacial score (nSPS) is 17.9. The van der Waals surface area contributed by atoms with E-state index < -0.39 is 0 Å². The van der Waals surface area contributed by atoms with Gasteiger partial charge in [0.1, 0.15) is 5.82 Å². The summed E-state index contributed by atoms with van der Waals surface area (Å²) < 4.78 is 0. The second-order valence-corrected chi connectivity index (χ2v) is 4.23. The number of hydrogen-bond acceptors (Lipinski definition) is 2. The average molecular weight is 202 g/mol. The fourth-order valence-electron chi connectivity index (χ4n) is 1.92. The van der Waals surface area contributed by atoms with Crippen LogP contribution in [0.5, 0.6) is 0 Å². The number of nitrogens with zero attached hydrogens (tertiary/aromatic N) is 1. The van der Waals surface area contributed by atoms with Crippen LogP contribution in [0.3, 0.4) is 0 Å². The Labute approximate surface area is 87.9 Å². The molecule has 0 aromatic carbocycles. The van der Waals surface area contributed by atoms with Crippen LogP contribution in [0.15, 0.2) is 24.7 Å². The Morgan fingerprint density at radius 3 is 2.93 bits per heavy atom. The highest BCUT2D eigenvalue weighted by Crippen LogP contribution is 2.45. The highest BCUT2D eigenvalue weighted by molar-refractivity contribution is 5.57. The molecule has 0 saturated heterocycles. The molecule has 2 aromatic heterocycles. The van der Waals surface area contributed by atoms with Crippen LogP contribution in [-0.2, 0) is 5.41 Å². The lowest BCUT2D eigenvalue weighted by Crippen LogP contribution is -2.21. The van der Waals surface area contributed by atoms with Gasteiger partial charge in [-0.15, -0.1) is 0 Å². The number of rotatable bonds is 3. The summed E-state index contributed by atoms with van der Waals surface area (Å²) in [4.78, 5) is 10.8. The van der Waals surface area contributed by atoms with Gasteiger partial charge in [0.2, 0.25) is 0 Å². The SMILES string of the molecule is NCC1(c2ncc(-c3cc[nH]c3)[nH]2)CC1.